The highest BCUT2D eigenvalue weighted by Crippen LogP contribution is 2.36. The van der Waals surface area contributed by atoms with E-state index in [1.807, 2.05) is 18.0 Å². The lowest BCUT2D eigenvalue weighted by molar-refractivity contribution is -0.134. The first-order chi connectivity index (χ1) is 16.7. The van der Waals surface area contributed by atoms with Crippen molar-refractivity contribution in [3.63, 3.8) is 0 Å². The van der Waals surface area contributed by atoms with Crippen LogP contribution in [0.15, 0.2) is 47.8 Å². The Kier molecular flexibility index (Phi) is 7.48. The summed E-state index contributed by atoms with van der Waals surface area (Å²) in [7, 11) is 1.93. The molecule has 6 heteroatoms. The molecular weight excluding hydrogens is 444 g/mol. The van der Waals surface area contributed by atoms with Crippen LogP contribution in [-0.4, -0.2) is 61.7 Å². The van der Waals surface area contributed by atoms with Crippen molar-refractivity contribution in [3.05, 3.63) is 53.4 Å². The average molecular weight is 479 g/mol. The van der Waals surface area contributed by atoms with Crippen molar-refractivity contribution in [3.8, 4) is 16.9 Å². The highest BCUT2D eigenvalue weighted by molar-refractivity contribution is 7.17. The molecule has 3 aromatic rings. The van der Waals surface area contributed by atoms with Crippen LogP contribution in [0.3, 0.4) is 0 Å². The lowest BCUT2D eigenvalue weighted by Crippen LogP contribution is -2.41. The molecule has 1 saturated heterocycles. The molecule has 2 heterocycles. The second kappa shape index (κ2) is 10.9. The van der Waals surface area contributed by atoms with Gasteiger partial charge in [-0.15, -0.1) is 11.3 Å². The summed E-state index contributed by atoms with van der Waals surface area (Å²) in [5.41, 5.74) is 3.57. The summed E-state index contributed by atoms with van der Waals surface area (Å²) in [5.74, 6) is 0.872. The maximum absolute atomic E-state index is 12.9. The number of amides is 1. The minimum atomic E-state index is 0.0668. The van der Waals surface area contributed by atoms with E-state index in [1.165, 1.54) is 40.5 Å². The van der Waals surface area contributed by atoms with Crippen molar-refractivity contribution in [2.24, 2.45) is 0 Å². The highest BCUT2D eigenvalue weighted by atomic mass is 32.1. The van der Waals surface area contributed by atoms with Crippen LogP contribution < -0.4 is 4.74 Å². The van der Waals surface area contributed by atoms with Crippen molar-refractivity contribution in [1.29, 1.82) is 0 Å². The standard InChI is InChI=1S/C28H34N2O3S/c1-29(23-7-3-2-4-8-23)28(31)19-33-26-12-11-21(17-22(26)18-30-13-15-32-16-14-30)25-20-34-27-10-6-5-9-24(25)27/h5-6,9-12,17,20,23H,2-4,7-8,13-16,18-19H2,1H3. The number of morpholine rings is 1. The van der Waals surface area contributed by atoms with E-state index in [0.29, 0.717) is 6.04 Å². The van der Waals surface area contributed by atoms with E-state index in [1.54, 1.807) is 11.3 Å². The predicted octanol–water partition coefficient (Wildman–Crippen LogP) is 5.57. The number of hydrogen-bond acceptors (Lipinski definition) is 5. The maximum atomic E-state index is 12.9. The summed E-state index contributed by atoms with van der Waals surface area (Å²) in [6, 6.07) is 15.3. The number of ether oxygens (including phenoxy) is 2. The molecule has 2 fully saturated rings. The number of likely N-dealkylation sites (N-methyl/N-ethyl adjacent to an activating group) is 1. The Labute approximate surface area is 206 Å². The normalized spacial score (nSPS) is 17.7. The largest absolute Gasteiger partial charge is 0.483 e. The molecule has 0 spiro atoms. The van der Waals surface area contributed by atoms with Gasteiger partial charge < -0.3 is 14.4 Å². The molecule has 5 nitrogen and oxygen atoms in total. The van der Waals surface area contributed by atoms with E-state index in [4.69, 9.17) is 9.47 Å². The van der Waals surface area contributed by atoms with Crippen molar-refractivity contribution >= 4 is 27.3 Å². The highest BCUT2D eigenvalue weighted by Gasteiger charge is 2.23. The molecule has 1 aromatic heterocycles. The molecule has 0 bridgehead atoms. The first kappa shape index (κ1) is 23.3. The third-order valence-electron chi connectivity index (χ3n) is 7.22. The van der Waals surface area contributed by atoms with Crippen LogP contribution in [-0.2, 0) is 16.1 Å². The molecular formula is C28H34N2O3S. The quantitative estimate of drug-likeness (QED) is 0.445. The van der Waals surface area contributed by atoms with Gasteiger partial charge in [0.15, 0.2) is 6.61 Å². The van der Waals surface area contributed by atoms with Crippen molar-refractivity contribution in [1.82, 2.24) is 9.80 Å². The number of hydrogen-bond donors (Lipinski definition) is 0. The number of nitrogens with zero attached hydrogens (tertiary/aromatic N) is 2. The van der Waals surface area contributed by atoms with Crippen LogP contribution in [0.2, 0.25) is 0 Å². The number of rotatable bonds is 7. The fourth-order valence-electron chi connectivity index (χ4n) is 5.13. The molecule has 180 valence electrons. The van der Waals surface area contributed by atoms with Crippen LogP contribution in [0.5, 0.6) is 5.75 Å². The summed E-state index contributed by atoms with van der Waals surface area (Å²) in [6.07, 6.45) is 5.92. The van der Waals surface area contributed by atoms with E-state index in [9.17, 15) is 4.79 Å². The Bertz CT molecular complexity index is 1120. The van der Waals surface area contributed by atoms with Crippen LogP contribution in [0.25, 0.3) is 21.2 Å². The third-order valence-corrected chi connectivity index (χ3v) is 8.18. The monoisotopic (exact) mass is 478 g/mol. The Morgan fingerprint density at radius 2 is 1.91 bits per heavy atom. The summed E-state index contributed by atoms with van der Waals surface area (Å²) in [4.78, 5) is 17.2. The number of carbonyl (C=O) groups is 1. The van der Waals surface area contributed by atoms with E-state index in [-0.39, 0.29) is 12.5 Å². The average Bonchev–Trinajstić information content (AvgIpc) is 3.33. The first-order valence-corrected chi connectivity index (χ1v) is 13.3. The number of thiophene rings is 1. The lowest BCUT2D eigenvalue weighted by Gasteiger charge is -2.31. The van der Waals surface area contributed by atoms with Gasteiger partial charge in [0.2, 0.25) is 0 Å². The second-order valence-corrected chi connectivity index (χ2v) is 10.4. The van der Waals surface area contributed by atoms with Crippen molar-refractivity contribution < 1.29 is 14.3 Å². The van der Waals surface area contributed by atoms with Gasteiger partial charge in [0.1, 0.15) is 5.75 Å². The number of benzene rings is 2. The van der Waals surface area contributed by atoms with Gasteiger partial charge in [-0.3, -0.25) is 9.69 Å². The minimum Gasteiger partial charge on any atom is -0.483 e. The third kappa shape index (κ3) is 5.29. The molecule has 2 aromatic carbocycles. The van der Waals surface area contributed by atoms with Gasteiger partial charge in [-0.1, -0.05) is 43.5 Å². The van der Waals surface area contributed by atoms with Gasteiger partial charge in [0.05, 0.1) is 13.2 Å². The molecule has 1 amide bonds. The predicted molar refractivity (Wildman–Crippen MR) is 138 cm³/mol. The fraction of sp³-hybridized carbons (Fsp3) is 0.464. The van der Waals surface area contributed by atoms with Gasteiger partial charge in [-0.2, -0.15) is 0 Å². The van der Waals surface area contributed by atoms with E-state index in [2.05, 4.69) is 46.7 Å². The fourth-order valence-corrected chi connectivity index (χ4v) is 6.10. The molecule has 0 unspecified atom stereocenters. The minimum absolute atomic E-state index is 0.0668. The zero-order valence-electron chi connectivity index (χ0n) is 20.0. The van der Waals surface area contributed by atoms with Gasteiger partial charge in [-0.25, -0.2) is 0 Å². The lowest BCUT2D eigenvalue weighted by atomic mass is 9.94. The van der Waals surface area contributed by atoms with E-state index < -0.39 is 0 Å². The SMILES string of the molecule is CN(C(=O)COc1ccc(-c2csc3ccccc23)cc1CN1CCOCC1)C1CCCCC1. The maximum Gasteiger partial charge on any atom is 0.260 e. The van der Waals surface area contributed by atoms with E-state index >= 15 is 0 Å². The zero-order valence-corrected chi connectivity index (χ0v) is 20.8. The smallest absolute Gasteiger partial charge is 0.260 e. The molecule has 2 aliphatic rings. The van der Waals surface area contributed by atoms with Gasteiger partial charge in [0, 0.05) is 53.9 Å². The Balaban J connectivity index is 1.36. The Hall–Kier alpha value is -2.41. The zero-order chi connectivity index (χ0) is 23.3. The molecule has 1 aliphatic heterocycles. The van der Waals surface area contributed by atoms with Crippen molar-refractivity contribution in [2.45, 2.75) is 44.7 Å². The molecule has 0 N–H and O–H groups in total. The van der Waals surface area contributed by atoms with Crippen LogP contribution >= 0.6 is 11.3 Å². The Morgan fingerprint density at radius 3 is 2.74 bits per heavy atom. The molecule has 1 saturated carbocycles. The van der Waals surface area contributed by atoms with Crippen LogP contribution in [0.1, 0.15) is 37.7 Å². The van der Waals surface area contributed by atoms with Gasteiger partial charge in [0.25, 0.3) is 5.91 Å². The summed E-state index contributed by atoms with van der Waals surface area (Å²) in [6.45, 7) is 4.22. The molecule has 5 rings (SSSR count). The number of fused-ring (bicyclic) bond motifs is 1. The Morgan fingerprint density at radius 1 is 1.12 bits per heavy atom. The summed E-state index contributed by atoms with van der Waals surface area (Å²) in [5, 5.41) is 3.52. The topological polar surface area (TPSA) is 42.0 Å². The molecule has 0 radical (unpaired) electrons. The van der Waals surface area contributed by atoms with Crippen molar-refractivity contribution in [2.75, 3.05) is 40.0 Å². The van der Waals surface area contributed by atoms with Gasteiger partial charge >= 0.3 is 0 Å². The first-order valence-electron chi connectivity index (χ1n) is 12.5. The number of carbonyl (C=O) groups excluding carboxylic acids is 1. The van der Waals surface area contributed by atoms with Crippen LogP contribution in [0, 0.1) is 0 Å². The molecule has 0 atom stereocenters. The van der Waals surface area contributed by atoms with Gasteiger partial charge in [-0.05, 0) is 42.0 Å². The summed E-state index contributed by atoms with van der Waals surface area (Å²) < 4.78 is 13.0. The second-order valence-electron chi connectivity index (χ2n) is 9.44. The molecule has 34 heavy (non-hydrogen) atoms. The van der Waals surface area contributed by atoms with E-state index in [0.717, 1.165) is 57.0 Å². The summed E-state index contributed by atoms with van der Waals surface area (Å²) >= 11 is 1.78. The molecule has 1 aliphatic carbocycles. The van der Waals surface area contributed by atoms with Crippen LogP contribution in [0.4, 0.5) is 0 Å².